The summed E-state index contributed by atoms with van der Waals surface area (Å²) in [5, 5.41) is 19.1. The molecule has 0 spiro atoms. The lowest BCUT2D eigenvalue weighted by Gasteiger charge is -2.14. The van der Waals surface area contributed by atoms with Crippen LogP contribution in [0.1, 0.15) is 60.2 Å². The number of carbonyl (C=O) groups is 2. The van der Waals surface area contributed by atoms with Crippen LogP contribution in [0, 0.1) is 0 Å². The molecule has 6 heteroatoms. The van der Waals surface area contributed by atoms with Crippen LogP contribution in [-0.4, -0.2) is 34.7 Å². The Hall–Kier alpha value is -1.92. The van der Waals surface area contributed by atoms with Gasteiger partial charge in [-0.1, -0.05) is 38.8 Å². The van der Waals surface area contributed by atoms with E-state index in [1.165, 1.54) is 12.1 Å². The second-order valence-electron chi connectivity index (χ2n) is 4.84. The highest BCUT2D eigenvalue weighted by molar-refractivity contribution is 6.03. The minimum atomic E-state index is -1.22. The van der Waals surface area contributed by atoms with Crippen LogP contribution in [0.5, 0.6) is 0 Å². The highest BCUT2D eigenvalue weighted by Crippen LogP contribution is 2.15. The van der Waals surface area contributed by atoms with Crippen molar-refractivity contribution in [2.45, 2.75) is 52.1 Å². The molecule has 1 rings (SSSR count). The van der Waals surface area contributed by atoms with Crippen molar-refractivity contribution in [1.82, 2.24) is 0 Å². The molecule has 0 amide bonds. The molecule has 1 aromatic rings. The van der Waals surface area contributed by atoms with E-state index >= 15 is 0 Å². The average molecular weight is 310 g/mol. The summed E-state index contributed by atoms with van der Waals surface area (Å²) in [6, 6.07) is 5.96. The van der Waals surface area contributed by atoms with Crippen molar-refractivity contribution in [1.29, 1.82) is 0 Å². The van der Waals surface area contributed by atoms with E-state index in [9.17, 15) is 19.8 Å². The molecule has 1 aromatic carbocycles. The van der Waals surface area contributed by atoms with Gasteiger partial charge in [-0.05, 0) is 12.1 Å². The Balaban J connectivity index is 2.84. The van der Waals surface area contributed by atoms with Gasteiger partial charge >= 0.3 is 11.9 Å². The van der Waals surface area contributed by atoms with Crippen LogP contribution in [0.3, 0.4) is 0 Å². The second-order valence-corrected chi connectivity index (χ2v) is 4.84. The first kappa shape index (κ1) is 18.1. The Morgan fingerprint density at radius 2 is 1.27 bits per heavy atom. The van der Waals surface area contributed by atoms with Gasteiger partial charge in [0.2, 0.25) is 12.6 Å². The normalized spacial score (nSPS) is 13.3. The van der Waals surface area contributed by atoms with Crippen molar-refractivity contribution in [3.05, 3.63) is 35.4 Å². The van der Waals surface area contributed by atoms with Gasteiger partial charge in [0.25, 0.3) is 0 Å². The lowest BCUT2D eigenvalue weighted by molar-refractivity contribution is -0.0719. The summed E-state index contributed by atoms with van der Waals surface area (Å²) < 4.78 is 9.73. The van der Waals surface area contributed by atoms with Crippen molar-refractivity contribution in [2.24, 2.45) is 0 Å². The van der Waals surface area contributed by atoms with Crippen LogP contribution in [-0.2, 0) is 9.47 Å². The maximum absolute atomic E-state index is 12.0. The first-order valence-electron chi connectivity index (χ1n) is 7.36. The topological polar surface area (TPSA) is 93.1 Å². The quantitative estimate of drug-likeness (QED) is 0.565. The van der Waals surface area contributed by atoms with E-state index in [2.05, 4.69) is 0 Å². The molecule has 0 aliphatic carbocycles. The third kappa shape index (κ3) is 5.46. The number of esters is 2. The van der Waals surface area contributed by atoms with Crippen LogP contribution in [0.15, 0.2) is 24.3 Å². The van der Waals surface area contributed by atoms with E-state index in [0.29, 0.717) is 25.7 Å². The predicted molar refractivity (Wildman–Crippen MR) is 79.1 cm³/mol. The van der Waals surface area contributed by atoms with E-state index in [1.807, 2.05) is 13.8 Å². The Labute approximate surface area is 129 Å². The lowest BCUT2D eigenvalue weighted by Crippen LogP contribution is -2.22. The zero-order valence-electron chi connectivity index (χ0n) is 12.8. The molecule has 0 aromatic heterocycles. The van der Waals surface area contributed by atoms with Crippen molar-refractivity contribution in [2.75, 3.05) is 0 Å². The minimum Gasteiger partial charge on any atom is -0.432 e. The van der Waals surface area contributed by atoms with Crippen molar-refractivity contribution < 1.29 is 29.3 Å². The zero-order valence-corrected chi connectivity index (χ0v) is 12.8. The SMILES string of the molecule is CCCC(O)OC(=O)c1ccccc1C(=O)OC(O)CCC. The predicted octanol–water partition coefficient (Wildman–Crippen LogP) is 2.24. The summed E-state index contributed by atoms with van der Waals surface area (Å²) in [6.07, 6.45) is -0.497. The molecule has 0 aliphatic heterocycles. The van der Waals surface area contributed by atoms with Crippen LogP contribution >= 0.6 is 0 Å². The summed E-state index contributed by atoms with van der Waals surface area (Å²) >= 11 is 0. The van der Waals surface area contributed by atoms with Gasteiger partial charge in [-0.3, -0.25) is 0 Å². The number of aliphatic hydroxyl groups excluding tert-OH is 2. The number of benzene rings is 1. The van der Waals surface area contributed by atoms with Crippen molar-refractivity contribution in [3.8, 4) is 0 Å². The number of ether oxygens (including phenoxy) is 2. The lowest BCUT2D eigenvalue weighted by atomic mass is 10.1. The molecule has 0 saturated heterocycles. The molecule has 0 saturated carbocycles. The number of hydrogen-bond donors (Lipinski definition) is 2. The Bertz CT molecular complexity index is 454. The van der Waals surface area contributed by atoms with Crippen molar-refractivity contribution in [3.63, 3.8) is 0 Å². The van der Waals surface area contributed by atoms with E-state index in [1.54, 1.807) is 12.1 Å². The largest absolute Gasteiger partial charge is 0.432 e. The average Bonchev–Trinajstić information content (AvgIpc) is 2.47. The van der Waals surface area contributed by atoms with Gasteiger partial charge < -0.3 is 19.7 Å². The van der Waals surface area contributed by atoms with Gasteiger partial charge in [0.05, 0.1) is 11.1 Å². The molecule has 2 N–H and O–H groups in total. The molecule has 122 valence electrons. The van der Waals surface area contributed by atoms with Gasteiger partial charge in [0.1, 0.15) is 0 Å². The van der Waals surface area contributed by atoms with E-state index < -0.39 is 24.5 Å². The molecule has 0 bridgehead atoms. The third-order valence-electron chi connectivity index (χ3n) is 2.92. The van der Waals surface area contributed by atoms with Gasteiger partial charge in [0, 0.05) is 12.8 Å². The molecule has 0 radical (unpaired) electrons. The first-order valence-corrected chi connectivity index (χ1v) is 7.36. The highest BCUT2D eigenvalue weighted by atomic mass is 16.6. The molecule has 2 atom stereocenters. The van der Waals surface area contributed by atoms with Gasteiger partial charge in [-0.25, -0.2) is 9.59 Å². The fourth-order valence-electron chi connectivity index (χ4n) is 1.82. The first-order chi connectivity index (χ1) is 10.5. The number of rotatable bonds is 8. The van der Waals surface area contributed by atoms with E-state index in [0.717, 1.165) is 0 Å². The fraction of sp³-hybridized carbons (Fsp3) is 0.500. The zero-order chi connectivity index (χ0) is 16.5. The van der Waals surface area contributed by atoms with Crippen molar-refractivity contribution >= 4 is 11.9 Å². The standard InChI is InChI=1S/C16H22O6/c1-3-7-13(17)21-15(19)11-9-5-6-10-12(11)16(20)22-14(18)8-4-2/h5-6,9-10,13-14,17-18H,3-4,7-8H2,1-2H3. The molecular formula is C16H22O6. The Kier molecular flexibility index (Phi) is 7.56. The minimum absolute atomic E-state index is 0.00801. The molecular weight excluding hydrogens is 288 g/mol. The van der Waals surface area contributed by atoms with E-state index in [4.69, 9.17) is 9.47 Å². The smallest absolute Gasteiger partial charge is 0.341 e. The Morgan fingerprint density at radius 3 is 1.59 bits per heavy atom. The summed E-state index contributed by atoms with van der Waals surface area (Å²) in [5.41, 5.74) is -0.0160. The highest BCUT2D eigenvalue weighted by Gasteiger charge is 2.22. The maximum atomic E-state index is 12.0. The summed E-state index contributed by atoms with van der Waals surface area (Å²) in [7, 11) is 0. The molecule has 2 unspecified atom stereocenters. The number of aliphatic hydroxyl groups is 2. The molecule has 0 fully saturated rings. The van der Waals surface area contributed by atoms with Gasteiger partial charge in [-0.15, -0.1) is 0 Å². The molecule has 6 nitrogen and oxygen atoms in total. The van der Waals surface area contributed by atoms with Crippen LogP contribution < -0.4 is 0 Å². The van der Waals surface area contributed by atoms with Crippen LogP contribution in [0.4, 0.5) is 0 Å². The van der Waals surface area contributed by atoms with Gasteiger partial charge in [-0.2, -0.15) is 0 Å². The third-order valence-corrected chi connectivity index (χ3v) is 2.92. The summed E-state index contributed by atoms with van der Waals surface area (Å²) in [5.74, 6) is -1.61. The summed E-state index contributed by atoms with van der Waals surface area (Å²) in [6.45, 7) is 3.69. The number of hydrogen-bond acceptors (Lipinski definition) is 6. The molecule has 0 heterocycles. The molecule has 0 aliphatic rings. The molecule has 22 heavy (non-hydrogen) atoms. The van der Waals surface area contributed by atoms with Crippen LogP contribution in [0.25, 0.3) is 0 Å². The van der Waals surface area contributed by atoms with E-state index in [-0.39, 0.29) is 11.1 Å². The Morgan fingerprint density at radius 1 is 0.909 bits per heavy atom. The van der Waals surface area contributed by atoms with Gasteiger partial charge in [0.15, 0.2) is 0 Å². The number of carbonyl (C=O) groups excluding carboxylic acids is 2. The van der Waals surface area contributed by atoms with Crippen LogP contribution in [0.2, 0.25) is 0 Å². The maximum Gasteiger partial charge on any atom is 0.341 e. The fourth-order valence-corrected chi connectivity index (χ4v) is 1.82. The summed E-state index contributed by atoms with van der Waals surface area (Å²) in [4.78, 5) is 24.0. The monoisotopic (exact) mass is 310 g/mol. The second kappa shape index (κ2) is 9.17.